The van der Waals surface area contributed by atoms with E-state index in [9.17, 15) is 9.90 Å². The number of rotatable bonds is 4. The number of aliphatic hydroxyl groups is 1. The van der Waals surface area contributed by atoms with Crippen LogP contribution in [0.3, 0.4) is 0 Å². The van der Waals surface area contributed by atoms with Crippen LogP contribution < -0.4 is 5.32 Å². The van der Waals surface area contributed by atoms with Crippen molar-refractivity contribution >= 4 is 6.03 Å². The van der Waals surface area contributed by atoms with Crippen LogP contribution in [-0.2, 0) is 0 Å². The van der Waals surface area contributed by atoms with E-state index in [0.29, 0.717) is 13.1 Å². The van der Waals surface area contributed by atoms with Gasteiger partial charge in [0.2, 0.25) is 0 Å². The Labute approximate surface area is 78.9 Å². The first-order valence-corrected chi connectivity index (χ1v) is 4.86. The van der Waals surface area contributed by atoms with E-state index in [4.69, 9.17) is 0 Å². The summed E-state index contributed by atoms with van der Waals surface area (Å²) in [6.07, 6.45) is 1.60. The summed E-state index contributed by atoms with van der Waals surface area (Å²) in [5, 5.41) is 12.1. The summed E-state index contributed by atoms with van der Waals surface area (Å²) in [4.78, 5) is 13.2. The van der Waals surface area contributed by atoms with Gasteiger partial charge in [-0.3, -0.25) is 0 Å². The molecule has 0 saturated carbocycles. The minimum absolute atomic E-state index is 0.0437. The third kappa shape index (κ3) is 1.63. The topological polar surface area (TPSA) is 52.6 Å². The van der Waals surface area contributed by atoms with Crippen LogP contribution in [0, 0.1) is 0 Å². The van der Waals surface area contributed by atoms with E-state index in [1.165, 1.54) is 0 Å². The number of urea groups is 1. The Hall–Kier alpha value is -0.770. The largest absolute Gasteiger partial charge is 0.394 e. The number of aliphatic hydroxyl groups excluding tert-OH is 1. The lowest BCUT2D eigenvalue weighted by atomic mass is 9.92. The van der Waals surface area contributed by atoms with Crippen molar-refractivity contribution in [2.75, 3.05) is 19.7 Å². The molecule has 0 atom stereocenters. The van der Waals surface area contributed by atoms with Gasteiger partial charge in [0.1, 0.15) is 0 Å². The van der Waals surface area contributed by atoms with Crippen molar-refractivity contribution in [1.82, 2.24) is 10.2 Å². The van der Waals surface area contributed by atoms with Crippen molar-refractivity contribution in [3.05, 3.63) is 0 Å². The number of hydrogen-bond donors (Lipinski definition) is 2. The van der Waals surface area contributed by atoms with Gasteiger partial charge in [0.05, 0.1) is 12.1 Å². The fourth-order valence-electron chi connectivity index (χ4n) is 1.86. The number of nitrogens with zero attached hydrogens (tertiary/aromatic N) is 1. The van der Waals surface area contributed by atoms with Crippen LogP contribution in [0.15, 0.2) is 0 Å². The summed E-state index contributed by atoms with van der Waals surface area (Å²) in [6, 6.07) is -0.0437. The van der Waals surface area contributed by atoms with Crippen LogP contribution >= 0.6 is 0 Å². The summed E-state index contributed by atoms with van der Waals surface area (Å²) in [5.41, 5.74) is -0.347. The van der Waals surface area contributed by atoms with Gasteiger partial charge in [0, 0.05) is 13.1 Å². The Morgan fingerprint density at radius 3 is 2.46 bits per heavy atom. The van der Waals surface area contributed by atoms with Crippen molar-refractivity contribution in [2.24, 2.45) is 0 Å². The zero-order chi connectivity index (χ0) is 9.90. The van der Waals surface area contributed by atoms with E-state index < -0.39 is 0 Å². The summed E-state index contributed by atoms with van der Waals surface area (Å²) in [6.45, 7) is 5.46. The Bertz CT molecular complexity index is 182. The molecule has 1 aliphatic heterocycles. The van der Waals surface area contributed by atoms with Crippen molar-refractivity contribution < 1.29 is 9.90 Å². The molecule has 0 spiro atoms. The highest BCUT2D eigenvalue weighted by atomic mass is 16.3. The van der Waals surface area contributed by atoms with E-state index in [1.807, 2.05) is 13.8 Å². The van der Waals surface area contributed by atoms with Crippen LogP contribution in [0.4, 0.5) is 4.79 Å². The molecule has 4 nitrogen and oxygen atoms in total. The molecule has 13 heavy (non-hydrogen) atoms. The quantitative estimate of drug-likeness (QED) is 0.674. The standard InChI is InChI=1S/C9H18N2O2/c1-3-9(4-2,7-12)11-6-5-10-8(11)13/h12H,3-7H2,1-2H3,(H,10,13). The highest BCUT2D eigenvalue weighted by molar-refractivity contribution is 5.77. The number of amides is 2. The molecule has 76 valence electrons. The highest BCUT2D eigenvalue weighted by Crippen LogP contribution is 2.24. The number of hydrogen-bond acceptors (Lipinski definition) is 2. The summed E-state index contributed by atoms with van der Waals surface area (Å²) in [7, 11) is 0. The van der Waals surface area contributed by atoms with Crippen molar-refractivity contribution in [3.63, 3.8) is 0 Å². The van der Waals surface area contributed by atoms with Gasteiger partial charge in [0.25, 0.3) is 0 Å². The smallest absolute Gasteiger partial charge is 0.318 e. The fraction of sp³-hybridized carbons (Fsp3) is 0.889. The Morgan fingerprint density at radius 1 is 1.54 bits per heavy atom. The molecule has 0 radical (unpaired) electrons. The molecule has 1 fully saturated rings. The summed E-state index contributed by atoms with van der Waals surface area (Å²) in [5.74, 6) is 0. The minimum Gasteiger partial charge on any atom is -0.394 e. The first kappa shape index (κ1) is 10.3. The van der Waals surface area contributed by atoms with E-state index in [-0.39, 0.29) is 18.2 Å². The lowest BCUT2D eigenvalue weighted by Crippen LogP contribution is -2.52. The van der Waals surface area contributed by atoms with Crippen LogP contribution in [-0.4, -0.2) is 41.3 Å². The predicted octanol–water partition coefficient (Wildman–Crippen LogP) is 0.563. The maximum Gasteiger partial charge on any atom is 0.318 e. The van der Waals surface area contributed by atoms with Crippen LogP contribution in [0.25, 0.3) is 0 Å². The van der Waals surface area contributed by atoms with Crippen molar-refractivity contribution in [3.8, 4) is 0 Å². The normalized spacial score (nSPS) is 17.8. The second-order valence-corrected chi connectivity index (χ2v) is 3.47. The van der Waals surface area contributed by atoms with Crippen molar-refractivity contribution in [1.29, 1.82) is 0 Å². The fourth-order valence-corrected chi connectivity index (χ4v) is 1.86. The Balaban J connectivity index is 2.79. The minimum atomic E-state index is -0.347. The average Bonchev–Trinajstić information content (AvgIpc) is 2.57. The zero-order valence-electron chi connectivity index (χ0n) is 8.34. The van der Waals surface area contributed by atoms with Gasteiger partial charge in [0.15, 0.2) is 0 Å². The van der Waals surface area contributed by atoms with Gasteiger partial charge in [-0.1, -0.05) is 13.8 Å². The molecule has 4 heteroatoms. The zero-order valence-corrected chi connectivity index (χ0v) is 8.34. The highest BCUT2D eigenvalue weighted by Gasteiger charge is 2.38. The molecule has 1 aliphatic rings. The Morgan fingerprint density at radius 2 is 2.15 bits per heavy atom. The lowest BCUT2D eigenvalue weighted by Gasteiger charge is -2.38. The first-order valence-electron chi connectivity index (χ1n) is 4.86. The molecule has 1 saturated heterocycles. The average molecular weight is 186 g/mol. The third-order valence-electron chi connectivity index (χ3n) is 3.04. The van der Waals surface area contributed by atoms with Gasteiger partial charge < -0.3 is 15.3 Å². The van der Waals surface area contributed by atoms with Crippen LogP contribution in [0.5, 0.6) is 0 Å². The molecule has 2 amide bonds. The number of nitrogens with one attached hydrogen (secondary N) is 1. The molecule has 0 unspecified atom stereocenters. The Kier molecular flexibility index (Phi) is 3.14. The summed E-state index contributed by atoms with van der Waals surface area (Å²) >= 11 is 0. The maximum absolute atomic E-state index is 11.4. The van der Waals surface area contributed by atoms with E-state index in [1.54, 1.807) is 4.90 Å². The molecule has 0 aromatic rings. The molecule has 2 N–H and O–H groups in total. The van der Waals surface area contributed by atoms with Crippen LogP contribution in [0.2, 0.25) is 0 Å². The van der Waals surface area contributed by atoms with E-state index in [2.05, 4.69) is 5.32 Å². The third-order valence-corrected chi connectivity index (χ3v) is 3.04. The maximum atomic E-state index is 11.4. The van der Waals surface area contributed by atoms with Gasteiger partial charge >= 0.3 is 6.03 Å². The molecule has 1 heterocycles. The first-order chi connectivity index (χ1) is 6.20. The number of carbonyl (C=O) groups excluding carboxylic acids is 1. The van der Waals surface area contributed by atoms with E-state index in [0.717, 1.165) is 12.8 Å². The second kappa shape index (κ2) is 3.96. The summed E-state index contributed by atoms with van der Waals surface area (Å²) < 4.78 is 0. The molecule has 1 rings (SSSR count). The van der Waals surface area contributed by atoms with Gasteiger partial charge in [-0.25, -0.2) is 4.79 Å². The molecule has 0 aliphatic carbocycles. The molecular weight excluding hydrogens is 168 g/mol. The van der Waals surface area contributed by atoms with Crippen LogP contribution in [0.1, 0.15) is 26.7 Å². The molecule has 0 bridgehead atoms. The lowest BCUT2D eigenvalue weighted by molar-refractivity contribution is 0.0625. The molecule has 0 aromatic carbocycles. The number of carbonyl (C=O) groups is 1. The van der Waals surface area contributed by atoms with Gasteiger partial charge in [-0.15, -0.1) is 0 Å². The van der Waals surface area contributed by atoms with Gasteiger partial charge in [-0.2, -0.15) is 0 Å². The monoisotopic (exact) mass is 186 g/mol. The molecule has 0 aromatic heterocycles. The predicted molar refractivity (Wildman–Crippen MR) is 50.5 cm³/mol. The molecular formula is C9H18N2O2. The van der Waals surface area contributed by atoms with Crippen molar-refractivity contribution in [2.45, 2.75) is 32.2 Å². The second-order valence-electron chi connectivity index (χ2n) is 3.47. The van der Waals surface area contributed by atoms with Gasteiger partial charge in [-0.05, 0) is 12.8 Å². The van der Waals surface area contributed by atoms with E-state index >= 15 is 0 Å². The SMILES string of the molecule is CCC(CC)(CO)N1CCNC1=O.